The topological polar surface area (TPSA) is 72.6 Å². The Morgan fingerprint density at radius 1 is 1.37 bits per heavy atom. The van der Waals surface area contributed by atoms with Crippen molar-refractivity contribution < 1.29 is 18.8 Å². The maximum absolute atomic E-state index is 11.9. The second-order valence-corrected chi connectivity index (χ2v) is 4.13. The second kappa shape index (κ2) is 5.51. The van der Waals surface area contributed by atoms with Crippen LogP contribution in [0.5, 0.6) is 0 Å². The maximum Gasteiger partial charge on any atom is 0.325 e. The third kappa shape index (κ3) is 2.90. The van der Waals surface area contributed by atoms with Crippen LogP contribution >= 0.6 is 0 Å². The molecule has 0 saturated carbocycles. The van der Waals surface area contributed by atoms with Gasteiger partial charge >= 0.3 is 5.97 Å². The zero-order valence-corrected chi connectivity index (χ0v) is 10.8. The van der Waals surface area contributed by atoms with Gasteiger partial charge in [0.15, 0.2) is 5.58 Å². The van der Waals surface area contributed by atoms with E-state index in [2.05, 4.69) is 9.89 Å². The van der Waals surface area contributed by atoms with Gasteiger partial charge in [-0.1, -0.05) is 17.3 Å². The number of fused-ring (bicyclic) bond motifs is 1. The van der Waals surface area contributed by atoms with E-state index >= 15 is 0 Å². The number of hydrogen-bond acceptors (Lipinski definition) is 5. The van der Waals surface area contributed by atoms with Gasteiger partial charge in [0.25, 0.3) is 0 Å². The van der Waals surface area contributed by atoms with E-state index in [-0.39, 0.29) is 18.9 Å². The van der Waals surface area contributed by atoms with Crippen LogP contribution in [0.15, 0.2) is 28.8 Å². The molecule has 2 rings (SSSR count). The molecule has 100 valence electrons. The molecule has 1 heterocycles. The Balaban J connectivity index is 2.08. The fourth-order valence-electron chi connectivity index (χ4n) is 1.69. The average molecular weight is 262 g/mol. The number of likely N-dealkylation sites (N-methyl/N-ethyl adjacent to an activating group) is 1. The predicted molar refractivity (Wildman–Crippen MR) is 67.4 cm³/mol. The van der Waals surface area contributed by atoms with E-state index in [1.807, 2.05) is 18.2 Å². The zero-order chi connectivity index (χ0) is 13.8. The summed E-state index contributed by atoms with van der Waals surface area (Å²) in [6.07, 6.45) is 0.0878. The summed E-state index contributed by atoms with van der Waals surface area (Å²) in [6.45, 7) is -0.0783. The fourth-order valence-corrected chi connectivity index (χ4v) is 1.69. The van der Waals surface area contributed by atoms with E-state index in [0.29, 0.717) is 11.3 Å². The number of carbonyl (C=O) groups excluding carboxylic acids is 2. The summed E-state index contributed by atoms with van der Waals surface area (Å²) < 4.78 is 9.63. The molecule has 0 unspecified atom stereocenters. The van der Waals surface area contributed by atoms with Crippen LogP contribution in [0.1, 0.15) is 5.69 Å². The summed E-state index contributed by atoms with van der Waals surface area (Å²) in [4.78, 5) is 24.3. The number of para-hydroxylation sites is 1. The highest BCUT2D eigenvalue weighted by atomic mass is 16.5. The number of aromatic nitrogens is 1. The molecule has 0 atom stereocenters. The number of rotatable bonds is 4. The number of ether oxygens (including phenoxy) is 1. The number of benzene rings is 1. The number of carbonyl (C=O) groups is 2. The molecule has 0 N–H and O–H groups in total. The van der Waals surface area contributed by atoms with Gasteiger partial charge in [0.2, 0.25) is 5.91 Å². The van der Waals surface area contributed by atoms with E-state index in [9.17, 15) is 9.59 Å². The van der Waals surface area contributed by atoms with Crippen LogP contribution in [0, 0.1) is 0 Å². The summed E-state index contributed by atoms with van der Waals surface area (Å²) >= 11 is 0. The number of hydrogen-bond donors (Lipinski definition) is 0. The highest BCUT2D eigenvalue weighted by Gasteiger charge is 2.17. The number of esters is 1. The molecule has 0 fully saturated rings. The van der Waals surface area contributed by atoms with Gasteiger partial charge in [0, 0.05) is 12.4 Å². The van der Waals surface area contributed by atoms with Crippen LogP contribution < -0.4 is 0 Å². The molecule has 19 heavy (non-hydrogen) atoms. The fraction of sp³-hybridized carbons (Fsp3) is 0.308. The van der Waals surface area contributed by atoms with Gasteiger partial charge in [-0.25, -0.2) is 0 Å². The van der Waals surface area contributed by atoms with Crippen molar-refractivity contribution in [3.8, 4) is 0 Å². The lowest BCUT2D eigenvalue weighted by Gasteiger charge is -2.14. The molecule has 0 bridgehead atoms. The van der Waals surface area contributed by atoms with Crippen molar-refractivity contribution in [3.63, 3.8) is 0 Å². The Bertz CT molecular complexity index is 605. The minimum Gasteiger partial charge on any atom is -0.468 e. The molecule has 0 aliphatic rings. The molecule has 0 aliphatic carbocycles. The van der Waals surface area contributed by atoms with Gasteiger partial charge in [0.05, 0.1) is 13.5 Å². The summed E-state index contributed by atoms with van der Waals surface area (Å²) in [5, 5.41) is 4.69. The summed E-state index contributed by atoms with van der Waals surface area (Å²) in [6, 6.07) is 7.32. The average Bonchev–Trinajstić information content (AvgIpc) is 2.82. The third-order valence-corrected chi connectivity index (χ3v) is 2.79. The molecule has 1 amide bonds. The van der Waals surface area contributed by atoms with E-state index in [1.54, 1.807) is 13.1 Å². The third-order valence-electron chi connectivity index (χ3n) is 2.79. The number of amides is 1. The smallest absolute Gasteiger partial charge is 0.325 e. The summed E-state index contributed by atoms with van der Waals surface area (Å²) in [5.74, 6) is -0.676. The minimum absolute atomic E-state index is 0.0783. The van der Waals surface area contributed by atoms with Crippen molar-refractivity contribution >= 4 is 22.8 Å². The lowest BCUT2D eigenvalue weighted by Crippen LogP contribution is -2.33. The maximum atomic E-state index is 11.9. The van der Waals surface area contributed by atoms with Crippen molar-refractivity contribution in [3.05, 3.63) is 30.0 Å². The Kier molecular flexibility index (Phi) is 3.79. The van der Waals surface area contributed by atoms with Gasteiger partial charge in [-0.05, 0) is 12.1 Å². The van der Waals surface area contributed by atoms with Crippen LogP contribution in [0.3, 0.4) is 0 Å². The van der Waals surface area contributed by atoms with Crippen molar-refractivity contribution in [2.45, 2.75) is 6.42 Å². The minimum atomic E-state index is -0.458. The van der Waals surface area contributed by atoms with Crippen LogP contribution in [-0.2, 0) is 20.7 Å². The first-order valence-corrected chi connectivity index (χ1v) is 5.76. The first-order chi connectivity index (χ1) is 9.11. The Hall–Kier alpha value is -2.37. The SMILES string of the molecule is COC(=O)CN(C)C(=O)Cc1noc2ccccc12. The number of nitrogens with zero attached hydrogens (tertiary/aromatic N) is 2. The van der Waals surface area contributed by atoms with E-state index < -0.39 is 5.97 Å². The van der Waals surface area contributed by atoms with Crippen molar-refractivity contribution in [1.29, 1.82) is 0 Å². The van der Waals surface area contributed by atoms with E-state index in [1.165, 1.54) is 12.0 Å². The zero-order valence-electron chi connectivity index (χ0n) is 10.8. The lowest BCUT2D eigenvalue weighted by atomic mass is 10.1. The molecule has 6 nitrogen and oxygen atoms in total. The van der Waals surface area contributed by atoms with E-state index in [4.69, 9.17) is 4.52 Å². The van der Waals surface area contributed by atoms with Gasteiger partial charge < -0.3 is 14.2 Å². The first kappa shape index (κ1) is 13.1. The van der Waals surface area contributed by atoms with Crippen LogP contribution in [-0.4, -0.2) is 42.6 Å². The molecule has 0 radical (unpaired) electrons. The lowest BCUT2D eigenvalue weighted by molar-refractivity contribution is -0.145. The van der Waals surface area contributed by atoms with Crippen LogP contribution in [0.25, 0.3) is 11.0 Å². The second-order valence-electron chi connectivity index (χ2n) is 4.13. The van der Waals surface area contributed by atoms with Crippen molar-refractivity contribution in [2.24, 2.45) is 0 Å². The quantitative estimate of drug-likeness (QED) is 0.769. The number of methoxy groups -OCH3 is 1. The van der Waals surface area contributed by atoms with Gasteiger partial charge in [-0.3, -0.25) is 9.59 Å². The molecular weight excluding hydrogens is 248 g/mol. The largest absolute Gasteiger partial charge is 0.468 e. The van der Waals surface area contributed by atoms with Gasteiger partial charge in [-0.15, -0.1) is 0 Å². The van der Waals surface area contributed by atoms with Gasteiger partial charge in [-0.2, -0.15) is 0 Å². The van der Waals surface area contributed by atoms with Crippen LogP contribution in [0.4, 0.5) is 0 Å². The molecule has 0 spiro atoms. The molecule has 0 saturated heterocycles. The molecule has 0 aliphatic heterocycles. The molecule has 2 aromatic rings. The Labute approximate surface area is 109 Å². The van der Waals surface area contributed by atoms with Crippen LogP contribution in [0.2, 0.25) is 0 Å². The first-order valence-electron chi connectivity index (χ1n) is 5.76. The predicted octanol–water partition coefficient (Wildman–Crippen LogP) is 1.00. The normalized spacial score (nSPS) is 10.4. The Morgan fingerprint density at radius 2 is 2.11 bits per heavy atom. The highest BCUT2D eigenvalue weighted by Crippen LogP contribution is 2.18. The van der Waals surface area contributed by atoms with E-state index in [0.717, 1.165) is 5.39 Å². The monoisotopic (exact) mass is 262 g/mol. The van der Waals surface area contributed by atoms with Crippen molar-refractivity contribution in [2.75, 3.05) is 20.7 Å². The summed E-state index contributed by atoms with van der Waals surface area (Å²) in [5.41, 5.74) is 1.21. The molecule has 1 aromatic heterocycles. The Morgan fingerprint density at radius 3 is 2.84 bits per heavy atom. The molecule has 1 aromatic carbocycles. The molecule has 6 heteroatoms. The van der Waals surface area contributed by atoms with Crippen molar-refractivity contribution in [1.82, 2.24) is 10.1 Å². The highest BCUT2D eigenvalue weighted by molar-refractivity contribution is 5.87. The summed E-state index contributed by atoms with van der Waals surface area (Å²) in [7, 11) is 2.83. The standard InChI is InChI=1S/C13H14N2O4/c1-15(8-13(17)18-2)12(16)7-10-9-5-3-4-6-11(9)19-14-10/h3-6H,7-8H2,1-2H3. The molecular formula is C13H14N2O4. The van der Waals surface area contributed by atoms with Gasteiger partial charge in [0.1, 0.15) is 12.2 Å².